The maximum Gasteiger partial charge on any atom is 0.148 e. The van der Waals surface area contributed by atoms with Crippen LogP contribution in [0, 0.1) is 5.82 Å². The summed E-state index contributed by atoms with van der Waals surface area (Å²) in [5.74, 6) is 0.246. The Morgan fingerprint density at radius 1 is 1.24 bits per heavy atom. The van der Waals surface area contributed by atoms with Gasteiger partial charge in [-0.15, -0.1) is 0 Å². The van der Waals surface area contributed by atoms with Crippen LogP contribution in [0.4, 0.5) is 4.39 Å². The third kappa shape index (κ3) is 4.19. The van der Waals surface area contributed by atoms with Crippen LogP contribution in [0.25, 0.3) is 0 Å². The van der Waals surface area contributed by atoms with Crippen molar-refractivity contribution in [2.24, 2.45) is 0 Å². The molecule has 0 saturated carbocycles. The third-order valence-corrected chi connectivity index (χ3v) is 4.39. The molecular formula is C15H13Br2ClFNO. The Morgan fingerprint density at radius 3 is 2.48 bits per heavy atom. The molecule has 2 aromatic carbocycles. The highest BCUT2D eigenvalue weighted by atomic mass is 79.9. The minimum Gasteiger partial charge on any atom is -0.486 e. The second-order valence-electron chi connectivity index (χ2n) is 4.41. The van der Waals surface area contributed by atoms with E-state index < -0.39 is 0 Å². The van der Waals surface area contributed by atoms with Gasteiger partial charge in [-0.3, -0.25) is 0 Å². The van der Waals surface area contributed by atoms with Crippen molar-refractivity contribution in [2.45, 2.75) is 13.2 Å². The smallest absolute Gasteiger partial charge is 0.148 e. The van der Waals surface area contributed by atoms with Crippen molar-refractivity contribution in [2.75, 3.05) is 7.05 Å². The number of hydrogen-bond acceptors (Lipinski definition) is 2. The fourth-order valence-corrected chi connectivity index (χ4v) is 3.60. The van der Waals surface area contributed by atoms with Crippen LogP contribution in [-0.4, -0.2) is 7.05 Å². The van der Waals surface area contributed by atoms with Gasteiger partial charge in [0.05, 0.1) is 14.0 Å². The minimum atomic E-state index is -0.374. The van der Waals surface area contributed by atoms with E-state index in [0.29, 0.717) is 16.3 Å². The number of benzene rings is 2. The molecule has 2 rings (SSSR count). The summed E-state index contributed by atoms with van der Waals surface area (Å²) in [7, 11) is 1.88. The SMILES string of the molecule is CNCc1cc(Br)c(OCc2c(F)cccc2Cl)c(Br)c1. The minimum absolute atomic E-state index is 0.0636. The number of rotatable bonds is 5. The first-order chi connectivity index (χ1) is 10.0. The third-order valence-electron chi connectivity index (χ3n) is 2.86. The highest BCUT2D eigenvalue weighted by Gasteiger charge is 2.12. The van der Waals surface area contributed by atoms with E-state index in [2.05, 4.69) is 37.2 Å². The zero-order valence-electron chi connectivity index (χ0n) is 11.2. The van der Waals surface area contributed by atoms with Crippen molar-refractivity contribution >= 4 is 43.5 Å². The van der Waals surface area contributed by atoms with E-state index >= 15 is 0 Å². The lowest BCUT2D eigenvalue weighted by molar-refractivity contribution is 0.296. The lowest BCUT2D eigenvalue weighted by Gasteiger charge is -2.13. The van der Waals surface area contributed by atoms with E-state index in [1.54, 1.807) is 12.1 Å². The standard InChI is InChI=1S/C15H13Br2ClFNO/c1-20-7-9-5-11(16)15(12(17)6-9)21-8-10-13(18)3-2-4-14(10)19/h2-6,20H,7-8H2,1H3. The summed E-state index contributed by atoms with van der Waals surface area (Å²) in [6, 6.07) is 8.49. The summed E-state index contributed by atoms with van der Waals surface area (Å²) in [4.78, 5) is 0. The van der Waals surface area contributed by atoms with Crippen LogP contribution < -0.4 is 10.1 Å². The molecule has 0 aliphatic carbocycles. The molecule has 0 aromatic heterocycles. The zero-order valence-corrected chi connectivity index (χ0v) is 15.1. The van der Waals surface area contributed by atoms with E-state index in [9.17, 15) is 4.39 Å². The van der Waals surface area contributed by atoms with Crippen molar-refractivity contribution in [3.8, 4) is 5.75 Å². The average molecular weight is 438 g/mol. The van der Waals surface area contributed by atoms with Gasteiger partial charge in [-0.25, -0.2) is 4.39 Å². The van der Waals surface area contributed by atoms with Crippen LogP contribution in [0.3, 0.4) is 0 Å². The van der Waals surface area contributed by atoms with Gasteiger partial charge in [0.2, 0.25) is 0 Å². The second kappa shape index (κ2) is 7.58. The molecular weight excluding hydrogens is 424 g/mol. The lowest BCUT2D eigenvalue weighted by Crippen LogP contribution is -2.06. The van der Waals surface area contributed by atoms with Crippen LogP contribution >= 0.6 is 43.5 Å². The summed E-state index contributed by atoms with van der Waals surface area (Å²) in [5.41, 5.74) is 1.45. The largest absolute Gasteiger partial charge is 0.486 e. The van der Waals surface area contributed by atoms with Gasteiger partial charge in [0.15, 0.2) is 0 Å². The molecule has 0 saturated heterocycles. The molecule has 0 atom stereocenters. The Labute approximate surface area is 144 Å². The Balaban J connectivity index is 2.21. The maximum absolute atomic E-state index is 13.7. The number of ether oxygens (including phenoxy) is 1. The topological polar surface area (TPSA) is 21.3 Å². The molecule has 21 heavy (non-hydrogen) atoms. The van der Waals surface area contributed by atoms with Crippen molar-refractivity contribution in [1.82, 2.24) is 5.32 Å². The van der Waals surface area contributed by atoms with Crippen molar-refractivity contribution in [3.05, 3.63) is 61.2 Å². The molecule has 0 aliphatic heterocycles. The molecule has 0 unspecified atom stereocenters. The predicted molar refractivity (Wildman–Crippen MR) is 90.3 cm³/mol. The summed E-state index contributed by atoms with van der Waals surface area (Å²) in [5, 5.41) is 3.44. The second-order valence-corrected chi connectivity index (χ2v) is 6.52. The number of hydrogen-bond donors (Lipinski definition) is 1. The Hall–Kier alpha value is -0.620. The quantitative estimate of drug-likeness (QED) is 0.685. The molecule has 0 bridgehead atoms. The molecule has 6 heteroatoms. The van der Waals surface area contributed by atoms with Crippen LogP contribution in [0.5, 0.6) is 5.75 Å². The van der Waals surface area contributed by atoms with Crippen LogP contribution in [-0.2, 0) is 13.2 Å². The Morgan fingerprint density at radius 2 is 1.90 bits per heavy atom. The van der Waals surface area contributed by atoms with Gasteiger partial charge in [-0.05, 0) is 68.7 Å². The molecule has 0 spiro atoms. The summed E-state index contributed by atoms with van der Waals surface area (Å²) >= 11 is 12.9. The first-order valence-corrected chi connectivity index (χ1v) is 8.17. The van der Waals surface area contributed by atoms with Crippen molar-refractivity contribution in [1.29, 1.82) is 0 Å². The van der Waals surface area contributed by atoms with Gasteiger partial charge in [-0.1, -0.05) is 17.7 Å². The van der Waals surface area contributed by atoms with Crippen LogP contribution in [0.2, 0.25) is 5.02 Å². The van der Waals surface area contributed by atoms with E-state index in [1.165, 1.54) is 6.07 Å². The average Bonchev–Trinajstić information content (AvgIpc) is 2.41. The highest BCUT2D eigenvalue weighted by molar-refractivity contribution is 9.11. The van der Waals surface area contributed by atoms with Gasteiger partial charge >= 0.3 is 0 Å². The first kappa shape index (κ1) is 16.7. The fraction of sp³-hybridized carbons (Fsp3) is 0.200. The molecule has 1 N–H and O–H groups in total. The fourth-order valence-electron chi connectivity index (χ4n) is 1.87. The van der Waals surface area contributed by atoms with Gasteiger partial charge in [0, 0.05) is 12.1 Å². The molecule has 2 nitrogen and oxygen atoms in total. The normalized spacial score (nSPS) is 10.7. The molecule has 0 aliphatic rings. The summed E-state index contributed by atoms with van der Waals surface area (Å²) in [6.07, 6.45) is 0. The molecule has 112 valence electrons. The Bertz CT molecular complexity index is 608. The van der Waals surface area contributed by atoms with Gasteiger partial charge in [-0.2, -0.15) is 0 Å². The molecule has 0 radical (unpaired) electrons. The Kier molecular flexibility index (Phi) is 6.05. The van der Waals surface area contributed by atoms with E-state index in [0.717, 1.165) is 21.1 Å². The van der Waals surface area contributed by atoms with Gasteiger partial charge < -0.3 is 10.1 Å². The van der Waals surface area contributed by atoms with Gasteiger partial charge in [0.25, 0.3) is 0 Å². The molecule has 0 fully saturated rings. The van der Waals surface area contributed by atoms with Crippen LogP contribution in [0.15, 0.2) is 39.3 Å². The lowest BCUT2D eigenvalue weighted by atomic mass is 10.2. The molecule has 0 amide bonds. The van der Waals surface area contributed by atoms with Gasteiger partial charge in [0.1, 0.15) is 18.2 Å². The van der Waals surface area contributed by atoms with Crippen LogP contribution in [0.1, 0.15) is 11.1 Å². The first-order valence-electron chi connectivity index (χ1n) is 6.21. The number of halogens is 4. The highest BCUT2D eigenvalue weighted by Crippen LogP contribution is 2.36. The molecule has 0 heterocycles. The number of nitrogens with one attached hydrogen (secondary N) is 1. The monoisotopic (exact) mass is 435 g/mol. The van der Waals surface area contributed by atoms with E-state index in [4.69, 9.17) is 16.3 Å². The maximum atomic E-state index is 13.7. The predicted octanol–water partition coefficient (Wildman–Crippen LogP) is 5.30. The molecule has 2 aromatic rings. The summed E-state index contributed by atoms with van der Waals surface area (Å²) in [6.45, 7) is 0.810. The van der Waals surface area contributed by atoms with Crippen molar-refractivity contribution < 1.29 is 9.13 Å². The van der Waals surface area contributed by atoms with E-state index in [-0.39, 0.29) is 12.4 Å². The zero-order chi connectivity index (χ0) is 15.4. The van der Waals surface area contributed by atoms with Crippen molar-refractivity contribution in [3.63, 3.8) is 0 Å². The van der Waals surface area contributed by atoms with E-state index in [1.807, 2.05) is 19.2 Å². The summed E-state index contributed by atoms with van der Waals surface area (Å²) < 4.78 is 21.0.